The lowest BCUT2D eigenvalue weighted by Gasteiger charge is -2.50. The first-order valence-electron chi connectivity index (χ1n) is 14.5. The molecule has 2 heterocycles. The van der Waals surface area contributed by atoms with Gasteiger partial charge in [0.05, 0.1) is 11.6 Å². The molecular weight excluding hydrogens is 460 g/mol. The summed E-state index contributed by atoms with van der Waals surface area (Å²) >= 11 is 0. The van der Waals surface area contributed by atoms with Crippen molar-refractivity contribution in [3.05, 3.63) is 137 Å². The molecule has 4 aromatic carbocycles. The van der Waals surface area contributed by atoms with Crippen molar-refractivity contribution < 1.29 is 0 Å². The maximum absolute atomic E-state index is 2.97. The number of rotatable bonds is 4. The van der Waals surface area contributed by atoms with Crippen LogP contribution < -0.4 is 4.90 Å². The first-order valence-corrected chi connectivity index (χ1v) is 14.5. The Labute approximate surface area is 227 Å². The summed E-state index contributed by atoms with van der Waals surface area (Å²) in [5.74, 6) is 0.583. The highest BCUT2D eigenvalue weighted by Crippen LogP contribution is 2.65. The average molecular weight is 499 g/mol. The zero-order valence-corrected chi connectivity index (χ0v) is 22.6. The van der Waals surface area contributed by atoms with Gasteiger partial charge in [0.1, 0.15) is 6.17 Å². The van der Waals surface area contributed by atoms with E-state index in [1.54, 1.807) is 5.56 Å². The maximum atomic E-state index is 2.97. The van der Waals surface area contributed by atoms with Crippen LogP contribution in [0.5, 0.6) is 0 Å². The summed E-state index contributed by atoms with van der Waals surface area (Å²) < 4.78 is 0. The van der Waals surface area contributed by atoms with Gasteiger partial charge in [0.25, 0.3) is 0 Å². The summed E-state index contributed by atoms with van der Waals surface area (Å²) in [4.78, 5) is 5.71. The van der Waals surface area contributed by atoms with Crippen molar-refractivity contribution >= 4 is 5.69 Å². The first kappa shape index (κ1) is 23.7. The third-order valence-corrected chi connectivity index (χ3v) is 9.72. The van der Waals surface area contributed by atoms with Gasteiger partial charge in [0.15, 0.2) is 0 Å². The Bertz CT molecular complexity index is 1410. The van der Waals surface area contributed by atoms with Crippen LogP contribution in [0.25, 0.3) is 0 Å². The van der Waals surface area contributed by atoms with Crippen molar-refractivity contribution in [1.29, 1.82) is 0 Å². The molecule has 2 fully saturated rings. The number of hydrogen-bond acceptors (Lipinski definition) is 2. The van der Waals surface area contributed by atoms with Gasteiger partial charge in [0, 0.05) is 11.7 Å². The van der Waals surface area contributed by atoms with Crippen molar-refractivity contribution in [3.8, 4) is 0 Å². The van der Waals surface area contributed by atoms with Crippen LogP contribution in [-0.2, 0) is 5.54 Å². The summed E-state index contributed by atoms with van der Waals surface area (Å²) in [6, 6.07) is 41.9. The van der Waals surface area contributed by atoms with Crippen LogP contribution in [0, 0.1) is 12.8 Å². The standard InChI is InChI=1S/C36H38N2/c1-26-16-12-15-25-33(26)37-27(2)34-31-23-13-14-24-32(31)36(29-19-8-4-9-20-29,30-21-10-5-11-22-30)38(34)35(37)28-17-6-3-7-18-28/h3-4,6-9,12-20,23-25,27,30,34-35H,5,10-11,21-22H2,1-2H3/t27-,34?,35?,36?/m0/s1. The highest BCUT2D eigenvalue weighted by atomic mass is 15.5. The van der Waals surface area contributed by atoms with E-state index in [9.17, 15) is 0 Å². The smallest absolute Gasteiger partial charge is 0.110 e. The van der Waals surface area contributed by atoms with E-state index in [1.807, 2.05) is 0 Å². The van der Waals surface area contributed by atoms with E-state index in [-0.39, 0.29) is 11.7 Å². The van der Waals surface area contributed by atoms with Gasteiger partial charge in [-0.25, -0.2) is 0 Å². The summed E-state index contributed by atoms with van der Waals surface area (Å²) in [6.45, 7) is 4.73. The van der Waals surface area contributed by atoms with Crippen LogP contribution in [0.4, 0.5) is 5.69 Å². The largest absolute Gasteiger partial charge is 0.347 e. The predicted molar refractivity (Wildman–Crippen MR) is 157 cm³/mol. The molecule has 4 aromatic rings. The fourth-order valence-electron chi connectivity index (χ4n) is 8.29. The molecule has 1 saturated carbocycles. The number of para-hydroxylation sites is 1. The molecule has 0 amide bonds. The fraction of sp³-hybridized carbons (Fsp3) is 0.333. The zero-order chi connectivity index (χ0) is 25.7. The van der Waals surface area contributed by atoms with Gasteiger partial charge in [-0.3, -0.25) is 4.90 Å². The van der Waals surface area contributed by atoms with Gasteiger partial charge < -0.3 is 4.90 Å². The zero-order valence-electron chi connectivity index (χ0n) is 22.6. The Balaban J connectivity index is 1.55. The third-order valence-electron chi connectivity index (χ3n) is 9.72. The normalized spacial score (nSPS) is 27.3. The van der Waals surface area contributed by atoms with Crippen molar-refractivity contribution in [2.45, 2.75) is 69.7 Å². The molecule has 1 aliphatic carbocycles. The quantitative estimate of drug-likeness (QED) is 0.277. The average Bonchev–Trinajstić information content (AvgIpc) is 3.45. The van der Waals surface area contributed by atoms with Gasteiger partial charge in [-0.1, -0.05) is 122 Å². The predicted octanol–water partition coefficient (Wildman–Crippen LogP) is 8.78. The van der Waals surface area contributed by atoms with Crippen LogP contribution in [0.1, 0.15) is 79.1 Å². The maximum Gasteiger partial charge on any atom is 0.110 e. The summed E-state index contributed by atoms with van der Waals surface area (Å²) in [5.41, 5.74) is 8.45. The summed E-state index contributed by atoms with van der Waals surface area (Å²) in [7, 11) is 0. The second-order valence-corrected chi connectivity index (χ2v) is 11.6. The number of hydrogen-bond donors (Lipinski definition) is 0. The second kappa shape index (κ2) is 9.43. The lowest BCUT2D eigenvalue weighted by molar-refractivity contribution is 0.0211. The summed E-state index contributed by atoms with van der Waals surface area (Å²) in [5, 5.41) is 0. The molecule has 0 spiro atoms. The van der Waals surface area contributed by atoms with Crippen LogP contribution in [0.2, 0.25) is 0 Å². The minimum atomic E-state index is -0.158. The lowest BCUT2D eigenvalue weighted by Crippen LogP contribution is -2.51. The molecule has 0 bridgehead atoms. The van der Waals surface area contributed by atoms with E-state index in [0.717, 1.165) is 0 Å². The topological polar surface area (TPSA) is 6.48 Å². The van der Waals surface area contributed by atoms with Gasteiger partial charge in [0.2, 0.25) is 0 Å². The molecule has 7 rings (SSSR count). The molecular formula is C36H38N2. The highest BCUT2D eigenvalue weighted by molar-refractivity contribution is 5.61. The van der Waals surface area contributed by atoms with Gasteiger partial charge in [-0.15, -0.1) is 0 Å². The minimum absolute atomic E-state index is 0.145. The number of benzene rings is 4. The van der Waals surface area contributed by atoms with E-state index in [2.05, 4.69) is 133 Å². The number of fused-ring (bicyclic) bond motifs is 3. The molecule has 0 radical (unpaired) electrons. The molecule has 1 saturated heterocycles. The molecule has 4 atom stereocenters. The first-order chi connectivity index (χ1) is 18.7. The minimum Gasteiger partial charge on any atom is -0.347 e. The van der Waals surface area contributed by atoms with E-state index in [1.165, 1.54) is 60.0 Å². The second-order valence-electron chi connectivity index (χ2n) is 11.6. The molecule has 2 heteroatoms. The van der Waals surface area contributed by atoms with Gasteiger partial charge >= 0.3 is 0 Å². The van der Waals surface area contributed by atoms with Gasteiger partial charge in [-0.2, -0.15) is 0 Å². The Morgan fingerprint density at radius 1 is 0.684 bits per heavy atom. The number of anilines is 1. The van der Waals surface area contributed by atoms with Crippen molar-refractivity contribution in [2.75, 3.05) is 4.90 Å². The Kier molecular flexibility index (Phi) is 5.89. The van der Waals surface area contributed by atoms with Crippen LogP contribution in [0.3, 0.4) is 0 Å². The molecule has 3 unspecified atom stereocenters. The van der Waals surface area contributed by atoms with Crippen molar-refractivity contribution in [2.24, 2.45) is 5.92 Å². The Morgan fingerprint density at radius 2 is 1.32 bits per heavy atom. The van der Waals surface area contributed by atoms with E-state index in [0.29, 0.717) is 18.0 Å². The molecule has 38 heavy (non-hydrogen) atoms. The van der Waals surface area contributed by atoms with Crippen LogP contribution in [-0.4, -0.2) is 10.9 Å². The number of nitrogens with zero attached hydrogens (tertiary/aromatic N) is 2. The van der Waals surface area contributed by atoms with E-state index < -0.39 is 0 Å². The SMILES string of the molecule is Cc1ccccc1N1C(c2ccccc2)N2C(c3ccccc3C2(c2ccccc2)C2CCCCC2)[C@@H]1C. The van der Waals surface area contributed by atoms with E-state index in [4.69, 9.17) is 0 Å². The van der Waals surface area contributed by atoms with Crippen LogP contribution in [0.15, 0.2) is 109 Å². The molecule has 0 aromatic heterocycles. The number of aryl methyl sites for hydroxylation is 1. The van der Waals surface area contributed by atoms with Crippen molar-refractivity contribution in [3.63, 3.8) is 0 Å². The Hall–Kier alpha value is -3.36. The van der Waals surface area contributed by atoms with Crippen LogP contribution >= 0.6 is 0 Å². The van der Waals surface area contributed by atoms with Gasteiger partial charge in [-0.05, 0) is 66.5 Å². The summed E-state index contributed by atoms with van der Waals surface area (Å²) in [6.07, 6.45) is 6.73. The monoisotopic (exact) mass is 498 g/mol. The highest BCUT2D eigenvalue weighted by Gasteiger charge is 2.63. The molecule has 0 N–H and O–H groups in total. The third kappa shape index (κ3) is 3.36. The fourth-order valence-corrected chi connectivity index (χ4v) is 8.29. The molecule has 2 aliphatic heterocycles. The van der Waals surface area contributed by atoms with Crippen molar-refractivity contribution in [1.82, 2.24) is 4.90 Å². The van der Waals surface area contributed by atoms with E-state index >= 15 is 0 Å². The molecule has 3 aliphatic rings. The molecule has 192 valence electrons. The lowest BCUT2D eigenvalue weighted by atomic mass is 9.67. The Morgan fingerprint density at radius 3 is 2.05 bits per heavy atom. The molecule has 2 nitrogen and oxygen atoms in total.